The zero-order valence-corrected chi connectivity index (χ0v) is 15.0. The molecule has 0 bridgehead atoms. The normalized spacial score (nSPS) is 17.0. The van der Waals surface area contributed by atoms with E-state index in [1.165, 1.54) is 30.7 Å². The van der Waals surface area contributed by atoms with Crippen LogP contribution in [0.25, 0.3) is 0 Å². The molecule has 1 amide bonds. The van der Waals surface area contributed by atoms with Crippen molar-refractivity contribution in [2.75, 3.05) is 29.9 Å². The molecule has 0 aliphatic carbocycles. The minimum absolute atomic E-state index is 0.177. The van der Waals surface area contributed by atoms with E-state index < -0.39 is 0 Å². The Hall–Kier alpha value is -2.70. The molecular formula is C19H23FN4O2. The predicted molar refractivity (Wildman–Crippen MR) is 97.9 cm³/mol. The van der Waals surface area contributed by atoms with Gasteiger partial charge >= 0.3 is 0 Å². The van der Waals surface area contributed by atoms with Gasteiger partial charge in [-0.15, -0.1) is 0 Å². The molecule has 0 radical (unpaired) electrons. The summed E-state index contributed by atoms with van der Waals surface area (Å²) < 4.78 is 18.4. The van der Waals surface area contributed by atoms with Crippen LogP contribution in [0.1, 0.15) is 25.5 Å². The van der Waals surface area contributed by atoms with Crippen LogP contribution in [-0.2, 0) is 4.79 Å². The molecule has 1 unspecified atom stereocenters. The van der Waals surface area contributed by atoms with Crippen molar-refractivity contribution < 1.29 is 13.9 Å². The van der Waals surface area contributed by atoms with E-state index in [4.69, 9.17) is 4.74 Å². The quantitative estimate of drug-likeness (QED) is 0.889. The molecule has 1 saturated heterocycles. The number of nitrogens with zero attached hydrogens (tertiary/aromatic N) is 3. The number of hydrogen-bond acceptors (Lipinski definition) is 5. The van der Waals surface area contributed by atoms with Crippen LogP contribution in [0.4, 0.5) is 16.0 Å². The van der Waals surface area contributed by atoms with Crippen molar-refractivity contribution in [2.45, 2.75) is 26.7 Å². The minimum Gasteiger partial charge on any atom is -0.467 e. The van der Waals surface area contributed by atoms with Crippen LogP contribution in [0.3, 0.4) is 0 Å². The average molecular weight is 358 g/mol. The minimum atomic E-state index is -0.352. The van der Waals surface area contributed by atoms with E-state index in [2.05, 4.69) is 27.1 Å². The maximum atomic E-state index is 12.9. The topological polar surface area (TPSA) is 67.3 Å². The van der Waals surface area contributed by atoms with E-state index in [1.807, 2.05) is 6.92 Å². The van der Waals surface area contributed by atoms with Gasteiger partial charge in [-0.3, -0.25) is 4.79 Å². The van der Waals surface area contributed by atoms with Crippen LogP contribution < -0.4 is 15.0 Å². The van der Waals surface area contributed by atoms with Crippen molar-refractivity contribution in [3.63, 3.8) is 0 Å². The van der Waals surface area contributed by atoms with Gasteiger partial charge < -0.3 is 15.0 Å². The number of amides is 1. The SMILES string of the molecule is Cc1cc(OCC(=O)Nc2ccc(F)cc2)nc(N2CCCC(C)C2)n1. The third-order valence-electron chi connectivity index (χ3n) is 4.24. The molecule has 1 fully saturated rings. The molecule has 1 atom stereocenters. The fraction of sp³-hybridized carbons (Fsp3) is 0.421. The Morgan fingerprint density at radius 1 is 1.35 bits per heavy atom. The van der Waals surface area contributed by atoms with Crippen LogP contribution in [0.5, 0.6) is 5.88 Å². The highest BCUT2D eigenvalue weighted by Crippen LogP contribution is 2.22. The highest BCUT2D eigenvalue weighted by molar-refractivity contribution is 5.91. The van der Waals surface area contributed by atoms with Gasteiger partial charge in [0.25, 0.3) is 5.91 Å². The number of piperidine rings is 1. The molecule has 26 heavy (non-hydrogen) atoms. The molecule has 0 saturated carbocycles. The molecule has 7 heteroatoms. The average Bonchev–Trinajstić information content (AvgIpc) is 2.61. The predicted octanol–water partition coefficient (Wildman–Crippen LogP) is 3.18. The van der Waals surface area contributed by atoms with Crippen molar-refractivity contribution in [2.24, 2.45) is 5.92 Å². The van der Waals surface area contributed by atoms with E-state index in [-0.39, 0.29) is 18.3 Å². The van der Waals surface area contributed by atoms with Crippen molar-refractivity contribution in [3.05, 3.63) is 41.8 Å². The number of carbonyl (C=O) groups is 1. The number of carbonyl (C=O) groups excluding carboxylic acids is 1. The lowest BCUT2D eigenvalue weighted by atomic mass is 10.0. The number of ether oxygens (including phenoxy) is 1. The Bertz CT molecular complexity index is 767. The molecule has 1 aliphatic heterocycles. The first-order chi connectivity index (χ1) is 12.5. The van der Waals surface area contributed by atoms with Gasteiger partial charge in [-0.05, 0) is 49.9 Å². The standard InChI is InChI=1S/C19H23FN4O2/c1-13-4-3-9-24(11-13)19-21-14(2)10-18(23-19)26-12-17(25)22-16-7-5-15(20)6-8-16/h5-8,10,13H,3-4,9,11-12H2,1-2H3,(H,22,25). The number of rotatable bonds is 5. The second kappa shape index (κ2) is 8.12. The first-order valence-electron chi connectivity index (χ1n) is 8.78. The fourth-order valence-corrected chi connectivity index (χ4v) is 2.98. The summed E-state index contributed by atoms with van der Waals surface area (Å²) >= 11 is 0. The monoisotopic (exact) mass is 358 g/mol. The fourth-order valence-electron chi connectivity index (χ4n) is 2.98. The van der Waals surface area contributed by atoms with Crippen LogP contribution in [0.15, 0.2) is 30.3 Å². The Balaban J connectivity index is 1.60. The second-order valence-corrected chi connectivity index (χ2v) is 6.68. The lowest BCUT2D eigenvalue weighted by Crippen LogP contribution is -2.35. The number of aryl methyl sites for hydroxylation is 1. The number of halogens is 1. The molecule has 1 aromatic carbocycles. The van der Waals surface area contributed by atoms with Gasteiger partial charge in [0.1, 0.15) is 5.82 Å². The molecule has 1 aromatic heterocycles. The molecule has 0 spiro atoms. The molecule has 3 rings (SSSR count). The third kappa shape index (κ3) is 4.91. The van der Waals surface area contributed by atoms with Gasteiger partial charge in [0.2, 0.25) is 11.8 Å². The van der Waals surface area contributed by atoms with Gasteiger partial charge in [-0.2, -0.15) is 4.98 Å². The largest absolute Gasteiger partial charge is 0.467 e. The summed E-state index contributed by atoms with van der Waals surface area (Å²) in [7, 11) is 0. The Morgan fingerprint density at radius 2 is 2.12 bits per heavy atom. The second-order valence-electron chi connectivity index (χ2n) is 6.68. The summed E-state index contributed by atoms with van der Waals surface area (Å²) in [5, 5.41) is 2.65. The van der Waals surface area contributed by atoms with Crippen LogP contribution in [0.2, 0.25) is 0 Å². The van der Waals surface area contributed by atoms with Crippen molar-refractivity contribution in [1.82, 2.24) is 9.97 Å². The van der Waals surface area contributed by atoms with E-state index in [0.717, 1.165) is 25.2 Å². The summed E-state index contributed by atoms with van der Waals surface area (Å²) in [6.45, 7) is 5.78. The molecule has 2 aromatic rings. The van der Waals surface area contributed by atoms with Crippen LogP contribution in [-0.4, -0.2) is 35.6 Å². The molecule has 138 valence electrons. The lowest BCUT2D eigenvalue weighted by molar-refractivity contribution is -0.118. The first kappa shape index (κ1) is 18.1. The summed E-state index contributed by atoms with van der Waals surface area (Å²) in [5.74, 6) is 0.945. The number of hydrogen-bond donors (Lipinski definition) is 1. The number of nitrogens with one attached hydrogen (secondary N) is 1. The van der Waals surface area contributed by atoms with Crippen molar-refractivity contribution in [1.29, 1.82) is 0 Å². The molecule has 6 nitrogen and oxygen atoms in total. The molecule has 1 aliphatic rings. The smallest absolute Gasteiger partial charge is 0.262 e. The Morgan fingerprint density at radius 3 is 2.85 bits per heavy atom. The highest BCUT2D eigenvalue weighted by atomic mass is 19.1. The maximum Gasteiger partial charge on any atom is 0.262 e. The van der Waals surface area contributed by atoms with Crippen molar-refractivity contribution in [3.8, 4) is 5.88 Å². The summed E-state index contributed by atoms with van der Waals surface area (Å²) in [4.78, 5) is 23.1. The molecular weight excluding hydrogens is 335 g/mol. The third-order valence-corrected chi connectivity index (χ3v) is 4.24. The van der Waals surface area contributed by atoms with Gasteiger partial charge in [0.05, 0.1) is 0 Å². The van der Waals surface area contributed by atoms with Gasteiger partial charge in [0.15, 0.2) is 6.61 Å². The van der Waals surface area contributed by atoms with Gasteiger partial charge in [0, 0.05) is 30.5 Å². The van der Waals surface area contributed by atoms with Gasteiger partial charge in [-0.1, -0.05) is 6.92 Å². The van der Waals surface area contributed by atoms with E-state index in [0.29, 0.717) is 23.4 Å². The Kier molecular flexibility index (Phi) is 5.65. The van der Waals surface area contributed by atoms with E-state index in [1.54, 1.807) is 6.07 Å². The maximum absolute atomic E-state index is 12.9. The van der Waals surface area contributed by atoms with Crippen LogP contribution >= 0.6 is 0 Å². The summed E-state index contributed by atoms with van der Waals surface area (Å²) in [6, 6.07) is 7.28. The number of anilines is 2. The van der Waals surface area contributed by atoms with Crippen molar-refractivity contribution >= 4 is 17.5 Å². The number of benzene rings is 1. The zero-order chi connectivity index (χ0) is 18.5. The highest BCUT2D eigenvalue weighted by Gasteiger charge is 2.19. The Labute approximate surface area is 152 Å². The van der Waals surface area contributed by atoms with E-state index >= 15 is 0 Å². The lowest BCUT2D eigenvalue weighted by Gasteiger charge is -2.31. The van der Waals surface area contributed by atoms with Crippen LogP contribution in [0, 0.1) is 18.7 Å². The molecule has 1 N–H and O–H groups in total. The molecule has 2 heterocycles. The summed E-state index contributed by atoms with van der Waals surface area (Å²) in [5.41, 5.74) is 1.31. The summed E-state index contributed by atoms with van der Waals surface area (Å²) in [6.07, 6.45) is 2.34. The van der Waals surface area contributed by atoms with E-state index in [9.17, 15) is 9.18 Å². The van der Waals surface area contributed by atoms with Gasteiger partial charge in [-0.25, -0.2) is 9.37 Å². The first-order valence-corrected chi connectivity index (χ1v) is 8.78. The zero-order valence-electron chi connectivity index (χ0n) is 15.0. The number of aromatic nitrogens is 2.